The first-order chi connectivity index (χ1) is 9.04. The van der Waals surface area contributed by atoms with Gasteiger partial charge in [-0.3, -0.25) is 9.78 Å². The maximum atomic E-state index is 12.4. The zero-order valence-corrected chi connectivity index (χ0v) is 10.9. The van der Waals surface area contributed by atoms with E-state index in [-0.39, 0.29) is 12.0 Å². The number of aliphatic carboxylic acids is 1. The van der Waals surface area contributed by atoms with Gasteiger partial charge in [0.25, 0.3) is 5.91 Å². The third-order valence-corrected chi connectivity index (χ3v) is 3.38. The Morgan fingerprint density at radius 2 is 2.26 bits per heavy atom. The fourth-order valence-electron chi connectivity index (χ4n) is 2.29. The molecule has 6 heteroatoms. The Hall–Kier alpha value is -1.95. The topological polar surface area (TPSA) is 79.7 Å². The van der Waals surface area contributed by atoms with Crippen LogP contribution in [0.5, 0.6) is 0 Å². The third kappa shape index (κ3) is 2.58. The predicted molar refractivity (Wildman–Crippen MR) is 66.8 cm³/mol. The second-order valence-electron chi connectivity index (χ2n) is 4.54. The summed E-state index contributed by atoms with van der Waals surface area (Å²) in [7, 11) is 1.52. The van der Waals surface area contributed by atoms with Crippen LogP contribution in [-0.4, -0.2) is 52.7 Å². The first-order valence-electron chi connectivity index (χ1n) is 6.02. The highest BCUT2D eigenvalue weighted by molar-refractivity contribution is 5.97. The second-order valence-corrected chi connectivity index (χ2v) is 4.54. The highest BCUT2D eigenvalue weighted by Crippen LogP contribution is 2.23. The molecule has 102 valence electrons. The average molecular weight is 264 g/mol. The molecule has 1 aromatic rings. The quantitative estimate of drug-likeness (QED) is 0.869. The number of pyridine rings is 1. The van der Waals surface area contributed by atoms with Crippen LogP contribution in [-0.2, 0) is 9.53 Å². The second kappa shape index (κ2) is 5.36. The van der Waals surface area contributed by atoms with E-state index in [9.17, 15) is 14.7 Å². The number of hydrogen-bond donors (Lipinski definition) is 1. The fraction of sp³-hybridized carbons (Fsp3) is 0.462. The number of aryl methyl sites for hydroxylation is 1. The molecule has 1 amide bonds. The minimum atomic E-state index is -1.01. The Kier molecular flexibility index (Phi) is 3.80. The monoisotopic (exact) mass is 264 g/mol. The molecule has 0 bridgehead atoms. The van der Waals surface area contributed by atoms with Gasteiger partial charge in [0, 0.05) is 32.0 Å². The van der Waals surface area contributed by atoms with Crippen LogP contribution in [0.15, 0.2) is 18.3 Å². The average Bonchev–Trinajstić information content (AvgIpc) is 2.83. The van der Waals surface area contributed by atoms with Gasteiger partial charge >= 0.3 is 5.97 Å². The number of carbonyl (C=O) groups is 2. The van der Waals surface area contributed by atoms with Gasteiger partial charge in [0.1, 0.15) is 6.04 Å². The van der Waals surface area contributed by atoms with Gasteiger partial charge in [0.05, 0.1) is 11.7 Å². The summed E-state index contributed by atoms with van der Waals surface area (Å²) in [5.74, 6) is -1.31. The number of hydrogen-bond acceptors (Lipinski definition) is 4. The van der Waals surface area contributed by atoms with Crippen molar-refractivity contribution in [1.29, 1.82) is 0 Å². The summed E-state index contributed by atoms with van der Waals surface area (Å²) >= 11 is 0. The van der Waals surface area contributed by atoms with Crippen LogP contribution in [0.3, 0.4) is 0 Å². The van der Waals surface area contributed by atoms with Gasteiger partial charge in [0.2, 0.25) is 0 Å². The van der Waals surface area contributed by atoms with Crippen LogP contribution in [0.1, 0.15) is 22.5 Å². The molecule has 2 heterocycles. The molecule has 1 fully saturated rings. The number of ether oxygens (including phenoxy) is 1. The van der Waals surface area contributed by atoms with E-state index in [2.05, 4.69) is 4.98 Å². The molecule has 6 nitrogen and oxygen atoms in total. The summed E-state index contributed by atoms with van der Waals surface area (Å²) in [6.07, 6.45) is 1.68. The number of carboxylic acid groups (broad SMARTS) is 1. The highest BCUT2D eigenvalue weighted by Gasteiger charge is 2.40. The summed E-state index contributed by atoms with van der Waals surface area (Å²) in [6, 6.07) is 2.49. The largest absolute Gasteiger partial charge is 0.480 e. The molecule has 1 N–H and O–H groups in total. The minimum Gasteiger partial charge on any atom is -0.480 e. The standard InChI is InChI=1S/C13H16N2O4/c1-8-10(4-3-5-14-8)12(16)15-7-9(19-2)6-11(15)13(17)18/h3-5,9,11H,6-7H2,1-2H3,(H,17,18). The van der Waals surface area contributed by atoms with Crippen molar-refractivity contribution in [2.24, 2.45) is 0 Å². The van der Waals surface area contributed by atoms with E-state index in [1.165, 1.54) is 12.0 Å². The molecule has 2 unspecified atom stereocenters. The molecule has 1 saturated heterocycles. The van der Waals surface area contributed by atoms with Crippen LogP contribution in [0.2, 0.25) is 0 Å². The molecule has 1 aromatic heterocycles. The predicted octanol–water partition coefficient (Wildman–Crippen LogP) is 0.704. The Morgan fingerprint density at radius 1 is 1.53 bits per heavy atom. The number of likely N-dealkylation sites (tertiary alicyclic amines) is 1. The first-order valence-corrected chi connectivity index (χ1v) is 6.02. The van der Waals surface area contributed by atoms with Crippen LogP contribution in [0, 0.1) is 6.92 Å². The van der Waals surface area contributed by atoms with E-state index in [1.54, 1.807) is 25.3 Å². The van der Waals surface area contributed by atoms with Crippen LogP contribution in [0.25, 0.3) is 0 Å². The smallest absolute Gasteiger partial charge is 0.326 e. The number of methoxy groups -OCH3 is 1. The first kappa shape index (κ1) is 13.5. The van der Waals surface area contributed by atoms with Gasteiger partial charge in [-0.2, -0.15) is 0 Å². The molecule has 0 saturated carbocycles. The van der Waals surface area contributed by atoms with Crippen molar-refractivity contribution < 1.29 is 19.4 Å². The number of carboxylic acids is 1. The fourth-order valence-corrected chi connectivity index (χ4v) is 2.29. The lowest BCUT2D eigenvalue weighted by atomic mass is 10.1. The summed E-state index contributed by atoms with van der Waals surface area (Å²) < 4.78 is 5.17. The molecular formula is C13H16N2O4. The maximum Gasteiger partial charge on any atom is 0.326 e. The van der Waals surface area contributed by atoms with Crippen LogP contribution >= 0.6 is 0 Å². The molecule has 2 rings (SSSR count). The molecule has 0 aliphatic carbocycles. The van der Waals surface area contributed by atoms with Crippen molar-refractivity contribution in [2.45, 2.75) is 25.5 Å². The molecule has 1 aliphatic rings. The summed E-state index contributed by atoms with van der Waals surface area (Å²) in [5.41, 5.74) is 1.03. The number of carbonyl (C=O) groups excluding carboxylic acids is 1. The van der Waals surface area contributed by atoms with Gasteiger partial charge in [0.15, 0.2) is 0 Å². The minimum absolute atomic E-state index is 0.234. The normalized spacial score (nSPS) is 22.5. The lowest BCUT2D eigenvalue weighted by molar-refractivity contribution is -0.141. The van der Waals surface area contributed by atoms with Gasteiger partial charge in [-0.25, -0.2) is 4.79 Å². The molecular weight excluding hydrogens is 248 g/mol. The Labute approximate surface area is 111 Å². The van der Waals surface area contributed by atoms with E-state index in [0.29, 0.717) is 24.2 Å². The van der Waals surface area contributed by atoms with Gasteiger partial charge in [-0.15, -0.1) is 0 Å². The summed E-state index contributed by atoms with van der Waals surface area (Å²) in [6.45, 7) is 2.02. The van der Waals surface area contributed by atoms with Crippen molar-refractivity contribution in [2.75, 3.05) is 13.7 Å². The molecule has 1 aliphatic heterocycles. The number of amides is 1. The molecule has 0 spiro atoms. The molecule has 19 heavy (non-hydrogen) atoms. The Morgan fingerprint density at radius 3 is 2.84 bits per heavy atom. The van der Waals surface area contributed by atoms with Crippen LogP contribution < -0.4 is 0 Å². The SMILES string of the molecule is COC1CC(C(=O)O)N(C(=O)c2cccnc2C)C1. The lowest BCUT2D eigenvalue weighted by Gasteiger charge is -2.21. The zero-order valence-electron chi connectivity index (χ0n) is 10.9. The number of aromatic nitrogens is 1. The van der Waals surface area contributed by atoms with E-state index in [1.807, 2.05) is 0 Å². The van der Waals surface area contributed by atoms with Crippen molar-refractivity contribution >= 4 is 11.9 Å². The van der Waals surface area contributed by atoms with Crippen molar-refractivity contribution in [3.63, 3.8) is 0 Å². The third-order valence-electron chi connectivity index (χ3n) is 3.38. The van der Waals surface area contributed by atoms with Crippen molar-refractivity contribution in [3.05, 3.63) is 29.6 Å². The van der Waals surface area contributed by atoms with E-state index in [4.69, 9.17) is 4.74 Å². The van der Waals surface area contributed by atoms with Gasteiger partial charge < -0.3 is 14.7 Å². The Balaban J connectivity index is 2.27. The van der Waals surface area contributed by atoms with Crippen LogP contribution in [0.4, 0.5) is 0 Å². The van der Waals surface area contributed by atoms with Gasteiger partial charge in [-0.1, -0.05) is 0 Å². The maximum absolute atomic E-state index is 12.4. The van der Waals surface area contributed by atoms with Gasteiger partial charge in [-0.05, 0) is 19.1 Å². The number of nitrogens with zero attached hydrogens (tertiary/aromatic N) is 2. The van der Waals surface area contributed by atoms with Crippen molar-refractivity contribution in [1.82, 2.24) is 9.88 Å². The van der Waals surface area contributed by atoms with E-state index >= 15 is 0 Å². The molecule has 0 aromatic carbocycles. The Bertz CT molecular complexity index is 503. The summed E-state index contributed by atoms with van der Waals surface area (Å²) in [5, 5.41) is 9.20. The zero-order chi connectivity index (χ0) is 14.0. The number of rotatable bonds is 3. The van der Waals surface area contributed by atoms with E-state index in [0.717, 1.165) is 0 Å². The highest BCUT2D eigenvalue weighted by atomic mass is 16.5. The lowest BCUT2D eigenvalue weighted by Crippen LogP contribution is -2.40. The molecule has 0 radical (unpaired) electrons. The molecule has 2 atom stereocenters. The van der Waals surface area contributed by atoms with Crippen molar-refractivity contribution in [3.8, 4) is 0 Å². The summed E-state index contributed by atoms with van der Waals surface area (Å²) in [4.78, 5) is 29.0. The van der Waals surface area contributed by atoms with E-state index < -0.39 is 12.0 Å².